The number of rotatable bonds is 16. The number of nitrogens with two attached hydrogens (primary N) is 4. The van der Waals surface area contributed by atoms with E-state index < -0.39 is 52.4 Å². The zero-order valence-corrected chi connectivity index (χ0v) is 69.8. The van der Waals surface area contributed by atoms with E-state index in [2.05, 4.69) is 37.0 Å². The number of carbonyl (C=O) groups is 1. The minimum atomic E-state index is -3.40. The maximum atomic E-state index is 13.9. The Balaban J connectivity index is 0.000000163. The average molecular weight is 1650 g/mol. The second-order valence-corrected chi connectivity index (χ2v) is 40.8. The van der Waals surface area contributed by atoms with Crippen LogP contribution in [-0.2, 0) is 68.6 Å². The number of halogens is 3. The molecule has 0 amide bonds. The van der Waals surface area contributed by atoms with Gasteiger partial charge in [-0.1, -0.05) is 83.4 Å². The van der Waals surface area contributed by atoms with Gasteiger partial charge in [-0.3, -0.25) is 9.78 Å². The number of hydrogen-bond donors (Lipinski definition) is 8. The molecular weight excluding hydrogens is 1540 g/mol. The largest absolute Gasteiger partial charge is 0.398 e. The predicted octanol–water partition coefficient (Wildman–Crippen LogP) is 16.3. The van der Waals surface area contributed by atoms with Gasteiger partial charge in [-0.15, -0.1) is 34.0 Å². The van der Waals surface area contributed by atoms with E-state index in [1.807, 2.05) is 25.1 Å². The minimum Gasteiger partial charge on any atom is -0.398 e. The highest BCUT2D eigenvalue weighted by molar-refractivity contribution is 7.93. The molecule has 8 aromatic rings. The number of aliphatic hydroxyl groups is 4. The van der Waals surface area contributed by atoms with Gasteiger partial charge in [-0.2, -0.15) is 5.26 Å². The number of benzene rings is 4. The van der Waals surface area contributed by atoms with Gasteiger partial charge in [0.05, 0.1) is 23.9 Å². The molecule has 111 heavy (non-hydrogen) atoms. The monoisotopic (exact) mass is 1640 g/mol. The van der Waals surface area contributed by atoms with Crippen molar-refractivity contribution < 1.29 is 73.1 Å². The first-order valence-electron chi connectivity index (χ1n) is 37.4. The van der Waals surface area contributed by atoms with Crippen LogP contribution in [0.4, 0.5) is 35.9 Å². The van der Waals surface area contributed by atoms with E-state index in [1.54, 1.807) is 58.2 Å². The quantitative estimate of drug-likeness (QED) is 0.0329. The molecule has 19 nitrogen and oxygen atoms in total. The van der Waals surface area contributed by atoms with Crippen molar-refractivity contribution in [3.8, 4) is 17.2 Å². The van der Waals surface area contributed by atoms with Crippen LogP contribution < -0.4 is 22.9 Å². The summed E-state index contributed by atoms with van der Waals surface area (Å²) < 4.78 is 119. The van der Waals surface area contributed by atoms with Crippen LogP contribution in [-0.4, -0.2) is 102 Å². The van der Waals surface area contributed by atoms with E-state index in [-0.39, 0.29) is 55.7 Å². The molecule has 4 aromatic heterocycles. The van der Waals surface area contributed by atoms with Gasteiger partial charge in [0, 0.05) is 130 Å². The van der Waals surface area contributed by atoms with Crippen LogP contribution in [0, 0.1) is 73.2 Å². The summed E-state index contributed by atoms with van der Waals surface area (Å²) in [6.45, 7) is 14.7. The molecule has 28 heteroatoms. The lowest BCUT2D eigenvalue weighted by Crippen LogP contribution is -2.32. The van der Waals surface area contributed by atoms with Gasteiger partial charge in [0.2, 0.25) is 0 Å². The number of aliphatic hydroxyl groups excluding tert-OH is 1. The number of anilines is 4. The van der Waals surface area contributed by atoms with Crippen LogP contribution in [0.5, 0.6) is 0 Å². The van der Waals surface area contributed by atoms with Crippen LogP contribution in [0.3, 0.4) is 0 Å². The lowest BCUT2D eigenvalue weighted by molar-refractivity contribution is -0.0656. The van der Waals surface area contributed by atoms with Crippen molar-refractivity contribution >= 4 is 92.1 Å². The zero-order valence-electron chi connectivity index (χ0n) is 64.9. The first-order valence-corrected chi connectivity index (χ1v) is 45.5. The topological polar surface area (TPSA) is 360 Å². The number of sulfone groups is 3. The van der Waals surface area contributed by atoms with Gasteiger partial charge in [0.15, 0.2) is 35.3 Å². The number of thiophene rings is 3. The number of hydrogen-bond acceptors (Lipinski definition) is 22. The number of aromatic nitrogens is 1. The number of nitrogen functional groups attached to an aromatic ring is 4. The highest BCUT2D eigenvalue weighted by Crippen LogP contribution is 2.43. The molecule has 12 N–H and O–H groups in total. The maximum Gasteiger partial charge on any atom is 0.186 e. The van der Waals surface area contributed by atoms with Crippen molar-refractivity contribution in [1.29, 1.82) is 5.26 Å². The molecule has 2 unspecified atom stereocenters. The Hall–Kier alpha value is -7.11. The van der Waals surface area contributed by atoms with Crippen LogP contribution >= 0.6 is 34.0 Å². The highest BCUT2D eigenvalue weighted by atomic mass is 32.2. The molecule has 6 heterocycles. The Morgan fingerprint density at radius 2 is 1.14 bits per heavy atom. The summed E-state index contributed by atoms with van der Waals surface area (Å²) in [5.41, 5.74) is 32.4. The van der Waals surface area contributed by atoms with Crippen molar-refractivity contribution in [3.63, 3.8) is 0 Å². The molecule has 2 saturated heterocycles. The molecule has 2 aliphatic heterocycles. The van der Waals surface area contributed by atoms with E-state index in [1.165, 1.54) is 105 Å². The van der Waals surface area contributed by atoms with Gasteiger partial charge in [-0.25, -0.2) is 38.4 Å². The highest BCUT2D eigenvalue weighted by Gasteiger charge is 2.38. The van der Waals surface area contributed by atoms with Gasteiger partial charge in [0.1, 0.15) is 47.4 Å². The molecule has 604 valence electrons. The number of carbonyl (C=O) groups excluding carboxylic acids is 1. The maximum absolute atomic E-state index is 13.9. The van der Waals surface area contributed by atoms with E-state index in [9.17, 15) is 63.6 Å². The lowest BCUT2D eigenvalue weighted by Gasteiger charge is -2.31. The number of aryl methyl sites for hydroxylation is 3. The fourth-order valence-corrected chi connectivity index (χ4v) is 19.6. The number of nitriles is 1. The van der Waals surface area contributed by atoms with Crippen molar-refractivity contribution in [2.75, 3.05) is 68.1 Å². The Kier molecular flexibility index (Phi) is 30.9. The lowest BCUT2D eigenvalue weighted by atomic mass is 9.78. The van der Waals surface area contributed by atoms with E-state index >= 15 is 0 Å². The van der Waals surface area contributed by atoms with Crippen molar-refractivity contribution in [2.24, 2.45) is 23.7 Å². The van der Waals surface area contributed by atoms with Crippen LogP contribution in [0.15, 0.2) is 116 Å². The molecule has 0 bridgehead atoms. The molecular formula is C83H107F3N6O13S6. The van der Waals surface area contributed by atoms with E-state index in [0.717, 1.165) is 130 Å². The molecule has 2 atom stereocenters. The molecule has 6 aliphatic rings. The Morgan fingerprint density at radius 1 is 0.622 bits per heavy atom. The standard InChI is InChI=1S/C17H19FN2.C14H21N.C12H16FNO.C12H14FNO.C10H14O4S2.C9H11NO3S2.C9H12O4S2/c1-11-7-13(5-6-20-11)16-10-15(18)9-14(17(16)19)8-12-3-2-4-12;1-10(2)13-8-4-7-12(14(13)15)9-11-5-3-6-11;2*1-7-5-9(13)6-10(11(7)14)12(15)8-3-2-4-8;1-16(12,13)9-3-2-8(15-9)10(11)4-6-14-7-5-10;1-9(2,11)7-4-6(5-10)8(14-7)15(3,12)13;1-15(11,12)8-3-2-7(14-8)9(10)4-5-13-6-9/h5-7,9-10,12H,2-4,8,19H2,1H3;4,7-8,10-11H,3,5-6,9,15H2,1-2H3;5-6,8,12,15H,2-4,14H2,1H3;5-6,8H,2-4,14H2,1H3;2-3,11H,4-7H2,1H3;4,11H,1-3H3;2-3,10H,4-6H2,1H3. The zero-order chi connectivity index (χ0) is 81.7. The van der Waals surface area contributed by atoms with Crippen LogP contribution in [0.25, 0.3) is 11.1 Å². The summed E-state index contributed by atoms with van der Waals surface area (Å²) in [4.78, 5) is 17.9. The van der Waals surface area contributed by atoms with Crippen LogP contribution in [0.1, 0.15) is 206 Å². The first kappa shape index (κ1) is 89.4. The fraction of sp³-hybridized carbons (Fsp3) is 0.482. The first-order chi connectivity index (χ1) is 52.0. The second kappa shape index (κ2) is 38.4. The Morgan fingerprint density at radius 3 is 1.60 bits per heavy atom. The number of para-hydroxylation sites is 1. The third-order valence-electron chi connectivity index (χ3n) is 21.0. The third-order valence-corrected chi connectivity index (χ3v) is 30.5. The SMILES string of the molecule is CC(C)(O)c1cc(C#N)c(S(C)(=O)=O)s1.CC(C)c1cccc(CC2CCC2)c1N.CS(=O)(=O)c1ccc(C2(O)CCOC2)s1.CS(=O)(=O)c1ccc(C2(O)CCOCC2)s1.Cc1cc(-c2cc(F)cc(CC3CCC3)c2N)ccn1.Cc1cc(F)cc(C(=O)C2CCC2)c1N.Cc1cc(F)cc(C(O)C2CCC2)c1N. The van der Waals surface area contributed by atoms with Crippen molar-refractivity contribution in [3.05, 3.63) is 186 Å². The number of nitrogens with zero attached hydrogens (tertiary/aromatic N) is 2. The minimum absolute atomic E-state index is 0.00125. The molecule has 4 aliphatic carbocycles. The Labute approximate surface area is 664 Å². The average Bonchev–Trinajstić information content (AvgIpc) is 1.39. The third kappa shape index (κ3) is 24.2. The summed E-state index contributed by atoms with van der Waals surface area (Å²) in [6, 6.07) is 28.5. The molecule has 4 aromatic carbocycles. The molecule has 6 fully saturated rings. The number of ether oxygens (including phenoxy) is 2. The predicted molar refractivity (Wildman–Crippen MR) is 436 cm³/mol. The molecule has 14 rings (SSSR count). The summed E-state index contributed by atoms with van der Waals surface area (Å²) in [5.74, 6) is 1.51. The number of ketones is 1. The Bertz CT molecular complexity index is 4930. The summed E-state index contributed by atoms with van der Waals surface area (Å²) in [6.07, 6.45) is 22.2. The molecule has 0 radical (unpaired) electrons. The van der Waals surface area contributed by atoms with Gasteiger partial charge >= 0.3 is 0 Å². The smallest absolute Gasteiger partial charge is 0.186 e. The summed E-state index contributed by atoms with van der Waals surface area (Å²) >= 11 is 3.21. The normalized spacial score (nSPS) is 18.0. The van der Waals surface area contributed by atoms with Crippen molar-refractivity contribution in [2.45, 2.75) is 199 Å². The van der Waals surface area contributed by atoms with E-state index in [0.29, 0.717) is 104 Å². The summed E-state index contributed by atoms with van der Waals surface area (Å²) in [5, 5.41) is 49.0. The summed E-state index contributed by atoms with van der Waals surface area (Å²) in [7, 11) is -9.74. The molecule has 0 spiro atoms. The van der Waals surface area contributed by atoms with E-state index in [4.69, 9.17) is 37.7 Å². The molecule has 4 saturated carbocycles. The number of Topliss-reactive ketones (excluding diaryl/α,β-unsaturated/α-hetero) is 1. The van der Waals surface area contributed by atoms with Crippen molar-refractivity contribution in [1.82, 2.24) is 4.98 Å². The second-order valence-electron chi connectivity index (χ2n) is 30.8. The van der Waals surface area contributed by atoms with Crippen LogP contribution in [0.2, 0.25) is 0 Å². The fourth-order valence-electron chi connectivity index (χ4n) is 13.3. The number of pyridine rings is 1. The van der Waals surface area contributed by atoms with Gasteiger partial charge in [0.25, 0.3) is 0 Å². The van der Waals surface area contributed by atoms with Gasteiger partial charge in [-0.05, 0) is 209 Å². The van der Waals surface area contributed by atoms with Gasteiger partial charge < -0.3 is 52.8 Å².